The quantitative estimate of drug-likeness (QED) is 0.916. The van der Waals surface area contributed by atoms with Crippen LogP contribution in [0.4, 0.5) is 5.82 Å². The zero-order chi connectivity index (χ0) is 13.2. The zero-order valence-electron chi connectivity index (χ0n) is 10.0. The third-order valence-corrected chi connectivity index (χ3v) is 4.73. The number of nitrogens with zero attached hydrogens (tertiary/aromatic N) is 3. The Morgan fingerprint density at radius 1 is 1.33 bits per heavy atom. The largest absolute Gasteiger partial charge is 0.302 e. The van der Waals surface area contributed by atoms with Crippen LogP contribution in [0.25, 0.3) is 0 Å². The second-order valence-electron chi connectivity index (χ2n) is 4.38. The Labute approximate surface area is 112 Å². The number of rotatable bonds is 3. The van der Waals surface area contributed by atoms with Gasteiger partial charge < -0.3 is 0 Å². The molecule has 1 aromatic rings. The fourth-order valence-corrected chi connectivity index (χ4v) is 3.22. The molecule has 0 bridgehead atoms. The molecule has 0 atom stereocenters. The fraction of sp³-hybridized carbons (Fsp3) is 0.600. The highest BCUT2D eigenvalue weighted by atomic mass is 35.5. The van der Waals surface area contributed by atoms with Gasteiger partial charge in [-0.1, -0.05) is 18.5 Å². The van der Waals surface area contributed by atoms with Crippen molar-refractivity contribution in [3.63, 3.8) is 0 Å². The maximum atomic E-state index is 12.1. The van der Waals surface area contributed by atoms with Gasteiger partial charge in [-0.3, -0.25) is 4.72 Å². The smallest absolute Gasteiger partial charge is 0.252 e. The monoisotopic (exact) mass is 290 g/mol. The van der Waals surface area contributed by atoms with E-state index in [4.69, 9.17) is 11.6 Å². The summed E-state index contributed by atoms with van der Waals surface area (Å²) in [6.07, 6.45) is 4.54. The summed E-state index contributed by atoms with van der Waals surface area (Å²) in [6, 6.07) is 0. The van der Waals surface area contributed by atoms with Crippen LogP contribution < -0.4 is 4.72 Å². The number of nitrogens with one attached hydrogen (secondary N) is 1. The van der Waals surface area contributed by atoms with Crippen LogP contribution in [0.15, 0.2) is 12.4 Å². The standard InChI is InChI=1S/C10H15ClN4O2S/c1-8-2-6-15(7-3-8)18(16,17)14-10-9(11)12-4-5-13-10/h4-5,8H,2-3,6-7H2,1H3,(H,13,14). The van der Waals surface area contributed by atoms with E-state index in [0.717, 1.165) is 12.8 Å². The second kappa shape index (κ2) is 5.38. The second-order valence-corrected chi connectivity index (χ2v) is 6.41. The van der Waals surface area contributed by atoms with Gasteiger partial charge in [0.1, 0.15) is 0 Å². The normalized spacial score (nSPS) is 18.8. The lowest BCUT2D eigenvalue weighted by atomic mass is 10.0. The van der Waals surface area contributed by atoms with Gasteiger partial charge >= 0.3 is 10.2 Å². The van der Waals surface area contributed by atoms with Crippen LogP contribution in [0, 0.1) is 5.92 Å². The first-order valence-electron chi connectivity index (χ1n) is 5.73. The van der Waals surface area contributed by atoms with E-state index in [-0.39, 0.29) is 11.0 Å². The number of aromatic nitrogens is 2. The molecular weight excluding hydrogens is 276 g/mol. The molecule has 0 unspecified atom stereocenters. The van der Waals surface area contributed by atoms with Gasteiger partial charge in [0.15, 0.2) is 11.0 Å². The number of hydrogen-bond acceptors (Lipinski definition) is 4. The molecule has 6 nitrogen and oxygen atoms in total. The molecule has 0 aliphatic carbocycles. The van der Waals surface area contributed by atoms with E-state index < -0.39 is 10.2 Å². The Morgan fingerprint density at radius 2 is 1.94 bits per heavy atom. The Morgan fingerprint density at radius 3 is 2.56 bits per heavy atom. The Bertz CT molecular complexity index is 514. The maximum Gasteiger partial charge on any atom is 0.302 e. The summed E-state index contributed by atoms with van der Waals surface area (Å²) in [4.78, 5) is 7.64. The minimum atomic E-state index is -3.59. The molecular formula is C10H15ClN4O2S. The molecule has 18 heavy (non-hydrogen) atoms. The van der Waals surface area contributed by atoms with Crippen LogP contribution in [0.1, 0.15) is 19.8 Å². The molecule has 1 saturated heterocycles. The lowest BCUT2D eigenvalue weighted by Crippen LogP contribution is -2.41. The van der Waals surface area contributed by atoms with Crippen molar-refractivity contribution in [1.82, 2.24) is 14.3 Å². The summed E-state index contributed by atoms with van der Waals surface area (Å²) in [5.74, 6) is 0.634. The van der Waals surface area contributed by atoms with Crippen molar-refractivity contribution in [3.8, 4) is 0 Å². The first-order chi connectivity index (χ1) is 8.49. The molecule has 1 aromatic heterocycles. The van der Waals surface area contributed by atoms with Gasteiger partial charge in [0.05, 0.1) is 0 Å². The van der Waals surface area contributed by atoms with E-state index in [1.807, 2.05) is 0 Å². The summed E-state index contributed by atoms with van der Waals surface area (Å²) in [7, 11) is -3.59. The van der Waals surface area contributed by atoms with E-state index >= 15 is 0 Å². The van der Waals surface area contributed by atoms with Gasteiger partial charge in [0.25, 0.3) is 0 Å². The molecule has 1 N–H and O–H groups in total. The molecule has 0 radical (unpaired) electrons. The molecule has 0 spiro atoms. The lowest BCUT2D eigenvalue weighted by Gasteiger charge is -2.29. The maximum absolute atomic E-state index is 12.1. The van der Waals surface area contributed by atoms with Crippen molar-refractivity contribution in [2.24, 2.45) is 5.92 Å². The van der Waals surface area contributed by atoms with Crippen LogP contribution >= 0.6 is 11.6 Å². The van der Waals surface area contributed by atoms with Crippen LogP contribution in [-0.2, 0) is 10.2 Å². The SMILES string of the molecule is CC1CCN(S(=O)(=O)Nc2nccnc2Cl)CC1. The highest BCUT2D eigenvalue weighted by Crippen LogP contribution is 2.21. The summed E-state index contributed by atoms with van der Waals surface area (Å²) in [5.41, 5.74) is 0. The first-order valence-corrected chi connectivity index (χ1v) is 7.55. The van der Waals surface area contributed by atoms with Crippen LogP contribution in [0.2, 0.25) is 5.15 Å². The molecule has 1 aliphatic heterocycles. The molecule has 0 aromatic carbocycles. The minimum absolute atomic E-state index is 0.0476. The average molecular weight is 291 g/mol. The minimum Gasteiger partial charge on any atom is -0.252 e. The van der Waals surface area contributed by atoms with Crippen LogP contribution in [0.3, 0.4) is 0 Å². The topological polar surface area (TPSA) is 75.2 Å². The van der Waals surface area contributed by atoms with E-state index in [1.165, 1.54) is 16.7 Å². The predicted octanol–water partition coefficient (Wildman–Crippen LogP) is 1.52. The molecule has 2 rings (SSSR count). The Kier molecular flexibility index (Phi) is 4.04. The van der Waals surface area contributed by atoms with Crippen molar-refractivity contribution in [2.45, 2.75) is 19.8 Å². The van der Waals surface area contributed by atoms with Crippen molar-refractivity contribution in [2.75, 3.05) is 17.8 Å². The van der Waals surface area contributed by atoms with Gasteiger partial charge in [-0.25, -0.2) is 9.97 Å². The first kappa shape index (κ1) is 13.5. The van der Waals surface area contributed by atoms with Crippen LogP contribution in [0.5, 0.6) is 0 Å². The van der Waals surface area contributed by atoms with Crippen molar-refractivity contribution in [3.05, 3.63) is 17.5 Å². The predicted molar refractivity (Wildman–Crippen MR) is 69.6 cm³/mol. The van der Waals surface area contributed by atoms with Gasteiger partial charge in [-0.15, -0.1) is 0 Å². The zero-order valence-corrected chi connectivity index (χ0v) is 11.6. The van der Waals surface area contributed by atoms with Gasteiger partial charge in [-0.2, -0.15) is 12.7 Å². The van der Waals surface area contributed by atoms with Gasteiger partial charge in [-0.05, 0) is 18.8 Å². The van der Waals surface area contributed by atoms with Crippen LogP contribution in [-0.4, -0.2) is 35.8 Å². The third-order valence-electron chi connectivity index (χ3n) is 2.96. The number of anilines is 1. The molecule has 0 saturated carbocycles. The van der Waals surface area contributed by atoms with Gasteiger partial charge in [0.2, 0.25) is 0 Å². The number of halogens is 1. The van der Waals surface area contributed by atoms with E-state index in [1.54, 1.807) is 0 Å². The Balaban J connectivity index is 2.10. The molecule has 100 valence electrons. The number of piperidine rings is 1. The highest BCUT2D eigenvalue weighted by molar-refractivity contribution is 7.90. The third kappa shape index (κ3) is 3.09. The van der Waals surface area contributed by atoms with Gasteiger partial charge in [0, 0.05) is 25.5 Å². The molecule has 0 amide bonds. The molecule has 1 fully saturated rings. The highest BCUT2D eigenvalue weighted by Gasteiger charge is 2.27. The van der Waals surface area contributed by atoms with E-state index in [0.29, 0.717) is 19.0 Å². The van der Waals surface area contributed by atoms with Crippen molar-refractivity contribution in [1.29, 1.82) is 0 Å². The van der Waals surface area contributed by atoms with E-state index in [9.17, 15) is 8.42 Å². The van der Waals surface area contributed by atoms with Crippen molar-refractivity contribution < 1.29 is 8.42 Å². The number of hydrogen-bond donors (Lipinski definition) is 1. The summed E-state index contributed by atoms with van der Waals surface area (Å²) >= 11 is 5.77. The summed E-state index contributed by atoms with van der Waals surface area (Å²) < 4.78 is 28.0. The Hall–Kier alpha value is -0.920. The average Bonchev–Trinajstić information content (AvgIpc) is 2.32. The van der Waals surface area contributed by atoms with Crippen molar-refractivity contribution >= 4 is 27.6 Å². The molecule has 1 aliphatic rings. The summed E-state index contributed by atoms with van der Waals surface area (Å²) in [6.45, 7) is 3.17. The molecule has 8 heteroatoms. The summed E-state index contributed by atoms with van der Waals surface area (Å²) in [5, 5.41) is 0.0476. The molecule has 2 heterocycles. The fourth-order valence-electron chi connectivity index (χ4n) is 1.80. The van der Waals surface area contributed by atoms with E-state index in [2.05, 4.69) is 21.6 Å². The lowest BCUT2D eigenvalue weighted by molar-refractivity contribution is 0.289.